The quantitative estimate of drug-likeness (QED) is 0.0204. The Morgan fingerprint density at radius 2 is 1.67 bits per heavy atom. The van der Waals surface area contributed by atoms with Crippen LogP contribution in [0.4, 0.5) is 19.0 Å². The smallest absolute Gasteiger partial charge is 0.459 e. The second-order valence-corrected chi connectivity index (χ2v) is 16.1. The second-order valence-electron chi connectivity index (χ2n) is 14.5. The summed E-state index contributed by atoms with van der Waals surface area (Å²) in [5, 5.41) is 13.8. The van der Waals surface area contributed by atoms with Crippen molar-refractivity contribution in [3.8, 4) is 18.1 Å². The third kappa shape index (κ3) is 12.5. The van der Waals surface area contributed by atoms with Crippen molar-refractivity contribution in [2.24, 2.45) is 0 Å². The first-order valence-electron chi connectivity index (χ1n) is 19.8. The lowest BCUT2D eigenvalue weighted by Crippen LogP contribution is -2.44. The Morgan fingerprint density at radius 3 is 2.31 bits per heavy atom. The number of nitrogen functional groups attached to an aromatic ring is 1. The van der Waals surface area contributed by atoms with Gasteiger partial charge in [-0.2, -0.15) is 19.4 Å². The number of nitrogens with zero attached hydrogens (tertiary/aromatic N) is 4. The fourth-order valence-corrected chi connectivity index (χ4v) is 8.31. The number of imidazole rings is 1. The largest absolute Gasteiger partial charge is 0.465 e. The monoisotopic (exact) mass is 828 g/mol. The maximum Gasteiger partial charge on any atom is 0.459 e. The fourth-order valence-electron chi connectivity index (χ4n) is 6.79. The highest BCUT2D eigenvalue weighted by atomic mass is 31.2. The number of unbranched alkanes of at least 4 members (excludes halogenated alkanes) is 11. The zero-order chi connectivity index (χ0) is 41.5. The van der Waals surface area contributed by atoms with Crippen LogP contribution in [-0.2, 0) is 29.8 Å². The van der Waals surface area contributed by atoms with Gasteiger partial charge < -0.3 is 24.8 Å². The number of esters is 1. The summed E-state index contributed by atoms with van der Waals surface area (Å²) in [5.41, 5.74) is 3.99. The number of carbonyl (C=O) groups excluding carboxylic acids is 1. The Balaban J connectivity index is 1.27. The lowest BCUT2D eigenvalue weighted by molar-refractivity contribution is -0.146. The number of hydrogen-bond donors (Lipinski definition) is 3. The molecular formula is C41H52F3N6O7P. The van der Waals surface area contributed by atoms with Crippen molar-refractivity contribution in [3.05, 3.63) is 78.1 Å². The molecule has 1 aliphatic rings. The zero-order valence-electron chi connectivity index (χ0n) is 32.7. The number of halogens is 3. The number of carbonyl (C=O) groups is 1. The van der Waals surface area contributed by atoms with Crippen molar-refractivity contribution in [1.29, 1.82) is 0 Å². The van der Waals surface area contributed by atoms with E-state index in [-0.39, 0.29) is 47.7 Å². The Morgan fingerprint density at radius 1 is 1.03 bits per heavy atom. The van der Waals surface area contributed by atoms with Gasteiger partial charge in [0.1, 0.15) is 42.4 Å². The van der Waals surface area contributed by atoms with Crippen molar-refractivity contribution >= 4 is 30.7 Å². The highest BCUT2D eigenvalue weighted by Gasteiger charge is 2.50. The molecule has 0 radical (unpaired) electrons. The summed E-state index contributed by atoms with van der Waals surface area (Å²) in [6.45, 7) is 1.52. The van der Waals surface area contributed by atoms with Gasteiger partial charge in [-0.05, 0) is 42.7 Å². The molecule has 1 aliphatic heterocycles. The van der Waals surface area contributed by atoms with E-state index in [2.05, 4.69) is 32.9 Å². The van der Waals surface area contributed by atoms with Crippen molar-refractivity contribution < 1.29 is 46.2 Å². The van der Waals surface area contributed by atoms with Gasteiger partial charge in [0.15, 0.2) is 22.6 Å². The van der Waals surface area contributed by atoms with Crippen LogP contribution in [0.1, 0.15) is 102 Å². The number of anilines is 1. The number of hydrogen-bond acceptors (Lipinski definition) is 11. The number of nitrogens with two attached hydrogens (primary N) is 1. The maximum atomic E-state index is 14.7. The van der Waals surface area contributed by atoms with Crippen LogP contribution in [0.3, 0.4) is 0 Å². The van der Waals surface area contributed by atoms with Crippen molar-refractivity contribution in [2.75, 3.05) is 18.9 Å². The Kier molecular flexibility index (Phi) is 16.5. The first kappa shape index (κ1) is 44.6. The number of fused-ring (bicyclic) bond motifs is 1. The minimum absolute atomic E-state index is 0.0191. The Labute approximate surface area is 336 Å². The average Bonchev–Trinajstić information content (AvgIpc) is 3.76. The highest BCUT2D eigenvalue weighted by Crippen LogP contribution is 2.48. The number of aliphatic hydroxyl groups excluding tert-OH is 1. The molecule has 3 heterocycles. The molecule has 5 rings (SSSR count). The zero-order valence-corrected chi connectivity index (χ0v) is 33.6. The summed E-state index contributed by atoms with van der Waals surface area (Å²) >= 11 is 0. The summed E-state index contributed by atoms with van der Waals surface area (Å²) in [5.74, 6) is -0.371. The minimum atomic E-state index is -4.68. The molecule has 0 aliphatic carbocycles. The van der Waals surface area contributed by atoms with Crippen molar-refractivity contribution in [3.63, 3.8) is 0 Å². The number of ether oxygens (including phenoxy) is 2. The van der Waals surface area contributed by atoms with Crippen molar-refractivity contribution in [1.82, 2.24) is 24.6 Å². The van der Waals surface area contributed by atoms with Crippen LogP contribution < -0.4 is 15.3 Å². The fraction of sp³-hybridized carbons (Fsp3) is 0.512. The topological polar surface area (TPSA) is 173 Å². The van der Waals surface area contributed by atoms with Gasteiger partial charge in [0.05, 0.1) is 12.9 Å². The summed E-state index contributed by atoms with van der Waals surface area (Å²) < 4.78 is 82.1. The lowest BCUT2D eigenvalue weighted by Gasteiger charge is -2.30. The average molecular weight is 829 g/mol. The molecule has 0 saturated carbocycles. The molecule has 2 aromatic carbocycles. The van der Waals surface area contributed by atoms with Gasteiger partial charge in [-0.15, -0.1) is 6.42 Å². The number of rotatable bonds is 24. The number of terminal acetylenes is 1. The summed E-state index contributed by atoms with van der Waals surface area (Å²) in [6, 6.07) is 9.19. The van der Waals surface area contributed by atoms with Gasteiger partial charge in [0, 0.05) is 12.5 Å². The predicted molar refractivity (Wildman–Crippen MR) is 212 cm³/mol. The van der Waals surface area contributed by atoms with Crippen molar-refractivity contribution in [2.45, 2.75) is 121 Å². The highest BCUT2D eigenvalue weighted by molar-refractivity contribution is 7.52. The van der Waals surface area contributed by atoms with E-state index >= 15 is 0 Å². The van der Waals surface area contributed by atoms with Gasteiger partial charge in [-0.1, -0.05) is 102 Å². The lowest BCUT2D eigenvalue weighted by atomic mass is 9.99. The molecule has 1 fully saturated rings. The standard InChI is InChI=1S/C41H52F3N6O7P/c1-3-5-6-7-8-9-10-11-12-13-14-18-21-54-39(52)33(24-29-22-30(42)25-31(43)23-29)49-58(53,57-32-19-16-15-17-20-32)55-27-41(4-2)34(51)26-35(56-41)50-28-46-36-37(45)47-40(44)48-38(36)50/h2,15-17,19-20,22-23,25,28,33-35,51H,3,5-14,18,21,24,26-27H2,1H3,(H,49,53)(H2,45,47,48)/t33-,34-,35+,41+,58-/m0/s1. The second kappa shape index (κ2) is 21.5. The van der Waals surface area contributed by atoms with Gasteiger partial charge in [-0.25, -0.2) is 18.3 Å². The van der Waals surface area contributed by atoms with Gasteiger partial charge in [-0.3, -0.25) is 13.9 Å². The molecule has 17 heteroatoms. The van der Waals surface area contributed by atoms with Crippen LogP contribution in [-0.4, -0.2) is 61.6 Å². The minimum Gasteiger partial charge on any atom is -0.465 e. The van der Waals surface area contributed by atoms with Crippen LogP contribution in [0, 0.1) is 30.1 Å². The van der Waals surface area contributed by atoms with Gasteiger partial charge in [0.2, 0.25) is 0 Å². The van der Waals surface area contributed by atoms with Crippen LogP contribution in [0.2, 0.25) is 0 Å². The molecule has 4 aromatic rings. The number of aromatic nitrogens is 4. The molecule has 0 unspecified atom stereocenters. The van der Waals surface area contributed by atoms with E-state index < -0.39 is 62.0 Å². The molecule has 0 bridgehead atoms. The number of nitrogens with one attached hydrogen (secondary N) is 1. The van der Waals surface area contributed by atoms with E-state index in [0.717, 1.165) is 37.8 Å². The van der Waals surface area contributed by atoms with E-state index in [1.54, 1.807) is 18.2 Å². The SMILES string of the molecule is C#C[C@]1(CO[P@@](=O)(N[C@@H](Cc2cc(F)cc(F)c2)C(=O)OCCCCCCCCCCCCCC)Oc2ccccc2)O[C@@H](n2cnc3c(N)nc(F)nc32)C[C@@H]1O. The summed E-state index contributed by atoms with van der Waals surface area (Å²) in [6.07, 6.45) is 16.5. The van der Waals surface area contributed by atoms with Crippen LogP contribution in [0.15, 0.2) is 54.9 Å². The maximum absolute atomic E-state index is 14.7. The van der Waals surface area contributed by atoms with Crippen LogP contribution in [0.25, 0.3) is 11.2 Å². The molecule has 4 N–H and O–H groups in total. The number of para-hydroxylation sites is 1. The van der Waals surface area contributed by atoms with E-state index in [4.69, 9.17) is 30.7 Å². The molecule has 13 nitrogen and oxygen atoms in total. The molecule has 2 aromatic heterocycles. The molecule has 314 valence electrons. The van der Waals surface area contributed by atoms with Gasteiger partial charge in [0.25, 0.3) is 0 Å². The first-order chi connectivity index (χ1) is 27.9. The van der Waals surface area contributed by atoms with Crippen LogP contribution >= 0.6 is 7.75 Å². The summed E-state index contributed by atoms with van der Waals surface area (Å²) in [4.78, 5) is 25.0. The molecule has 5 atom stereocenters. The van der Waals surface area contributed by atoms with Gasteiger partial charge >= 0.3 is 19.8 Å². The van der Waals surface area contributed by atoms with E-state index in [1.165, 1.54) is 68.0 Å². The van der Waals surface area contributed by atoms with Crippen LogP contribution in [0.5, 0.6) is 5.75 Å². The first-order valence-corrected chi connectivity index (χ1v) is 21.4. The van der Waals surface area contributed by atoms with E-state index in [0.29, 0.717) is 12.5 Å². The molecule has 0 spiro atoms. The Bertz CT molecular complexity index is 2020. The molecule has 1 saturated heterocycles. The molecule has 58 heavy (non-hydrogen) atoms. The van der Waals surface area contributed by atoms with E-state index in [1.807, 2.05) is 0 Å². The number of benzene rings is 2. The Hall–Kier alpha value is -4.52. The molecular weight excluding hydrogens is 776 g/mol. The third-order valence-electron chi connectivity index (χ3n) is 9.91. The summed E-state index contributed by atoms with van der Waals surface area (Å²) in [7, 11) is -4.68. The third-order valence-corrected chi connectivity index (χ3v) is 11.5. The molecule has 0 amide bonds. The number of aliphatic hydroxyl groups is 1. The predicted octanol–water partition coefficient (Wildman–Crippen LogP) is 8.13. The van der Waals surface area contributed by atoms with E-state index in [9.17, 15) is 27.6 Å². The normalized spacial score (nSPS) is 19.4.